The Morgan fingerprint density at radius 1 is 1.27 bits per heavy atom. The van der Waals surface area contributed by atoms with Crippen LogP contribution in [0.3, 0.4) is 0 Å². The second-order valence-corrected chi connectivity index (χ2v) is 4.05. The Balaban J connectivity index is 1.95. The molecule has 2 N–H and O–H groups in total. The van der Waals surface area contributed by atoms with Gasteiger partial charge in [0, 0.05) is 19.6 Å². The molecule has 1 aromatic rings. The highest BCUT2D eigenvalue weighted by molar-refractivity contribution is 6.29. The van der Waals surface area contributed by atoms with Gasteiger partial charge in [0.1, 0.15) is 5.15 Å². The van der Waals surface area contributed by atoms with Gasteiger partial charge in [-0.1, -0.05) is 11.6 Å². The lowest BCUT2D eigenvalue weighted by Gasteiger charge is -2.13. The maximum absolute atomic E-state index is 9.34. The summed E-state index contributed by atoms with van der Waals surface area (Å²) < 4.78 is 0. The lowest BCUT2D eigenvalue weighted by Crippen LogP contribution is -2.22. The molecule has 0 unspecified atom stereocenters. The molecule has 5 nitrogen and oxygen atoms in total. The molecule has 2 atom stereocenters. The van der Waals surface area contributed by atoms with Crippen molar-refractivity contribution in [2.45, 2.75) is 18.8 Å². The number of rotatable bonds is 2. The summed E-state index contributed by atoms with van der Waals surface area (Å²) in [6, 6.07) is 0. The van der Waals surface area contributed by atoms with E-state index >= 15 is 0 Å². The number of aliphatic hydroxyl groups excluding tert-OH is 2. The number of hydrogen-bond acceptors (Lipinski definition) is 5. The van der Waals surface area contributed by atoms with E-state index in [4.69, 9.17) is 11.6 Å². The van der Waals surface area contributed by atoms with Crippen molar-refractivity contribution >= 4 is 11.6 Å². The van der Waals surface area contributed by atoms with Crippen molar-refractivity contribution in [3.63, 3.8) is 0 Å². The van der Waals surface area contributed by atoms with Gasteiger partial charge in [-0.3, -0.25) is 9.88 Å². The third kappa shape index (κ3) is 2.63. The van der Waals surface area contributed by atoms with E-state index in [0.29, 0.717) is 24.8 Å². The van der Waals surface area contributed by atoms with Crippen LogP contribution >= 0.6 is 11.6 Å². The first kappa shape index (κ1) is 10.8. The molecule has 1 aliphatic rings. The summed E-state index contributed by atoms with van der Waals surface area (Å²) in [7, 11) is 0. The zero-order valence-electron chi connectivity index (χ0n) is 8.04. The quantitative estimate of drug-likeness (QED) is 0.727. The predicted octanol–water partition coefficient (Wildman–Crippen LogP) is -0.333. The topological polar surface area (TPSA) is 69.5 Å². The summed E-state index contributed by atoms with van der Waals surface area (Å²) in [5, 5.41) is 19.0. The summed E-state index contributed by atoms with van der Waals surface area (Å²) >= 11 is 5.61. The molecule has 82 valence electrons. The zero-order chi connectivity index (χ0) is 10.8. The maximum Gasteiger partial charge on any atom is 0.147 e. The molecule has 1 saturated heterocycles. The second-order valence-electron chi connectivity index (χ2n) is 3.66. The number of likely N-dealkylation sites (tertiary alicyclic amines) is 1. The number of halogens is 1. The number of hydrogen-bond donors (Lipinski definition) is 2. The molecular weight excluding hydrogens is 218 g/mol. The molecule has 0 spiro atoms. The molecule has 1 aromatic heterocycles. The maximum atomic E-state index is 9.34. The predicted molar refractivity (Wildman–Crippen MR) is 54.3 cm³/mol. The van der Waals surface area contributed by atoms with Crippen molar-refractivity contribution < 1.29 is 10.2 Å². The van der Waals surface area contributed by atoms with Gasteiger partial charge >= 0.3 is 0 Å². The van der Waals surface area contributed by atoms with Crippen LogP contribution in [0.4, 0.5) is 0 Å². The minimum absolute atomic E-state index is 0.361. The van der Waals surface area contributed by atoms with Crippen LogP contribution < -0.4 is 0 Å². The van der Waals surface area contributed by atoms with Crippen LogP contribution in [0.5, 0.6) is 0 Å². The van der Waals surface area contributed by atoms with Crippen LogP contribution in [0.25, 0.3) is 0 Å². The van der Waals surface area contributed by atoms with Crippen LogP contribution in [0.1, 0.15) is 5.69 Å². The van der Waals surface area contributed by atoms with Crippen molar-refractivity contribution in [1.82, 2.24) is 14.9 Å². The lowest BCUT2D eigenvalue weighted by atomic mass is 10.3. The first-order valence-electron chi connectivity index (χ1n) is 4.70. The Morgan fingerprint density at radius 2 is 1.93 bits per heavy atom. The standard InChI is InChI=1S/C9H12ClN3O2/c10-9-2-11-6(1-12-9)3-13-4-7(14)8(15)5-13/h1-2,7-8,14-15H,3-5H2/t7-,8+. The molecule has 2 rings (SSSR count). The van der Waals surface area contributed by atoms with Gasteiger partial charge in [0.25, 0.3) is 0 Å². The number of aromatic nitrogens is 2. The smallest absolute Gasteiger partial charge is 0.147 e. The van der Waals surface area contributed by atoms with Crippen molar-refractivity contribution in [2.24, 2.45) is 0 Å². The van der Waals surface area contributed by atoms with E-state index in [9.17, 15) is 10.2 Å². The Hall–Kier alpha value is -0.750. The molecule has 0 amide bonds. The lowest BCUT2D eigenvalue weighted by molar-refractivity contribution is 0.0572. The monoisotopic (exact) mass is 229 g/mol. The molecule has 6 heteroatoms. The van der Waals surface area contributed by atoms with Gasteiger partial charge in [-0.05, 0) is 0 Å². The number of β-amino-alcohol motifs (C(OH)–C–C–N with tert-alkyl or cyclic N) is 2. The summed E-state index contributed by atoms with van der Waals surface area (Å²) in [5.74, 6) is 0. The SMILES string of the molecule is O[C@@H]1CN(Cc2cnc(Cl)cn2)C[C@@H]1O. The Morgan fingerprint density at radius 3 is 2.47 bits per heavy atom. The molecule has 0 aliphatic carbocycles. The fourth-order valence-electron chi connectivity index (χ4n) is 1.63. The van der Waals surface area contributed by atoms with E-state index in [-0.39, 0.29) is 0 Å². The first-order valence-corrected chi connectivity index (χ1v) is 5.08. The van der Waals surface area contributed by atoms with Gasteiger partial charge in [0.2, 0.25) is 0 Å². The molecule has 1 fully saturated rings. The fraction of sp³-hybridized carbons (Fsp3) is 0.556. The average Bonchev–Trinajstić information content (AvgIpc) is 2.50. The van der Waals surface area contributed by atoms with E-state index < -0.39 is 12.2 Å². The first-order chi connectivity index (χ1) is 7.15. The van der Waals surface area contributed by atoms with Crippen molar-refractivity contribution in [2.75, 3.05) is 13.1 Å². The summed E-state index contributed by atoms with van der Waals surface area (Å²) in [4.78, 5) is 9.93. The third-order valence-corrected chi connectivity index (χ3v) is 2.59. The van der Waals surface area contributed by atoms with E-state index in [1.54, 1.807) is 6.20 Å². The van der Waals surface area contributed by atoms with E-state index in [1.165, 1.54) is 6.20 Å². The van der Waals surface area contributed by atoms with Crippen molar-refractivity contribution in [3.8, 4) is 0 Å². The zero-order valence-corrected chi connectivity index (χ0v) is 8.80. The Labute approximate surface area is 92.3 Å². The Bertz CT molecular complexity index is 323. The molecular formula is C9H12ClN3O2. The third-order valence-electron chi connectivity index (χ3n) is 2.39. The largest absolute Gasteiger partial charge is 0.389 e. The van der Waals surface area contributed by atoms with Crippen LogP contribution in [-0.2, 0) is 6.54 Å². The van der Waals surface area contributed by atoms with Crippen molar-refractivity contribution in [1.29, 1.82) is 0 Å². The molecule has 1 aliphatic heterocycles. The molecule has 2 heterocycles. The summed E-state index contributed by atoms with van der Waals surface area (Å²) in [6.07, 6.45) is 1.76. The highest BCUT2D eigenvalue weighted by Crippen LogP contribution is 2.13. The van der Waals surface area contributed by atoms with Crippen LogP contribution in [-0.4, -0.2) is 50.4 Å². The van der Waals surface area contributed by atoms with E-state index in [2.05, 4.69) is 9.97 Å². The van der Waals surface area contributed by atoms with Gasteiger partial charge in [0.15, 0.2) is 0 Å². The van der Waals surface area contributed by atoms with E-state index in [0.717, 1.165) is 5.69 Å². The highest BCUT2D eigenvalue weighted by atomic mass is 35.5. The minimum Gasteiger partial charge on any atom is -0.389 e. The molecule has 0 saturated carbocycles. The molecule has 0 aromatic carbocycles. The molecule has 0 bridgehead atoms. The molecule has 15 heavy (non-hydrogen) atoms. The number of aliphatic hydroxyl groups is 2. The minimum atomic E-state index is -0.662. The van der Waals surface area contributed by atoms with Gasteiger partial charge in [-0.2, -0.15) is 0 Å². The van der Waals surface area contributed by atoms with Gasteiger partial charge < -0.3 is 10.2 Å². The van der Waals surface area contributed by atoms with Gasteiger partial charge in [0.05, 0.1) is 30.3 Å². The van der Waals surface area contributed by atoms with Gasteiger partial charge in [-0.25, -0.2) is 4.98 Å². The summed E-state index contributed by atoms with van der Waals surface area (Å²) in [5.41, 5.74) is 0.778. The van der Waals surface area contributed by atoms with Crippen LogP contribution in [0.15, 0.2) is 12.4 Å². The number of nitrogens with zero attached hydrogens (tertiary/aromatic N) is 3. The van der Waals surface area contributed by atoms with Gasteiger partial charge in [-0.15, -0.1) is 0 Å². The molecule has 0 radical (unpaired) electrons. The summed E-state index contributed by atoms with van der Waals surface area (Å²) in [6.45, 7) is 1.50. The van der Waals surface area contributed by atoms with Crippen molar-refractivity contribution in [3.05, 3.63) is 23.2 Å². The van der Waals surface area contributed by atoms with E-state index in [1.807, 2.05) is 4.90 Å². The second kappa shape index (κ2) is 4.40. The normalized spacial score (nSPS) is 27.1. The van der Waals surface area contributed by atoms with Crippen LogP contribution in [0.2, 0.25) is 5.15 Å². The average molecular weight is 230 g/mol. The Kier molecular flexibility index (Phi) is 3.16. The van der Waals surface area contributed by atoms with Crippen LogP contribution in [0, 0.1) is 0 Å². The fourth-order valence-corrected chi connectivity index (χ4v) is 1.72. The highest BCUT2D eigenvalue weighted by Gasteiger charge is 2.29.